The lowest BCUT2D eigenvalue weighted by Gasteiger charge is -2.07. The van der Waals surface area contributed by atoms with Gasteiger partial charge in [0.15, 0.2) is 5.03 Å². The number of sulfonamides is 1. The van der Waals surface area contributed by atoms with Gasteiger partial charge in [-0.25, -0.2) is 4.98 Å². The van der Waals surface area contributed by atoms with Crippen LogP contribution >= 0.6 is 0 Å². The van der Waals surface area contributed by atoms with Crippen LogP contribution in [0.3, 0.4) is 0 Å². The summed E-state index contributed by atoms with van der Waals surface area (Å²) in [6.07, 6.45) is 2.62. The number of nitro benzene ring substituents is 1. The number of anilines is 1. The highest BCUT2D eigenvalue weighted by atomic mass is 32.2. The van der Waals surface area contributed by atoms with Gasteiger partial charge in [-0.05, 0) is 26.0 Å². The Kier molecular flexibility index (Phi) is 4.13. The second-order valence-electron chi connectivity index (χ2n) is 4.75. The van der Waals surface area contributed by atoms with Gasteiger partial charge in [-0.1, -0.05) is 6.07 Å². The highest BCUT2D eigenvalue weighted by Crippen LogP contribution is 2.29. The molecule has 0 aliphatic carbocycles. The first-order valence-electron chi connectivity index (χ1n) is 6.21. The van der Waals surface area contributed by atoms with E-state index in [0.717, 1.165) is 12.1 Å². The predicted molar refractivity (Wildman–Crippen MR) is 76.5 cm³/mol. The SMILES string of the molecule is CC(C)n1cnc(S(=O)(=O)Nc2cccc(F)c2[N+](=O)[O-])c1. The minimum Gasteiger partial charge on any atom is -0.334 e. The molecule has 1 aromatic heterocycles. The van der Waals surface area contributed by atoms with E-state index in [1.54, 1.807) is 4.57 Å². The molecular formula is C12H13FN4O4S. The van der Waals surface area contributed by atoms with Gasteiger partial charge in [-0.3, -0.25) is 14.8 Å². The van der Waals surface area contributed by atoms with Gasteiger partial charge in [0, 0.05) is 12.2 Å². The molecule has 0 saturated carbocycles. The second-order valence-corrected chi connectivity index (χ2v) is 6.38. The van der Waals surface area contributed by atoms with Gasteiger partial charge in [0.1, 0.15) is 5.69 Å². The predicted octanol–water partition coefficient (Wildman–Crippen LogP) is 2.31. The largest absolute Gasteiger partial charge is 0.334 e. The number of hydrogen-bond acceptors (Lipinski definition) is 5. The van der Waals surface area contributed by atoms with E-state index in [-0.39, 0.29) is 11.1 Å². The van der Waals surface area contributed by atoms with Crippen molar-refractivity contribution in [2.75, 3.05) is 4.72 Å². The molecular weight excluding hydrogens is 315 g/mol. The summed E-state index contributed by atoms with van der Waals surface area (Å²) < 4.78 is 41.4. The summed E-state index contributed by atoms with van der Waals surface area (Å²) in [5.41, 5.74) is -1.39. The summed E-state index contributed by atoms with van der Waals surface area (Å²) in [6, 6.07) is 3.16. The van der Waals surface area contributed by atoms with Crippen molar-refractivity contribution < 1.29 is 17.7 Å². The van der Waals surface area contributed by atoms with E-state index in [1.807, 2.05) is 18.6 Å². The summed E-state index contributed by atoms with van der Waals surface area (Å²) in [5.74, 6) is -1.13. The Morgan fingerprint density at radius 3 is 2.64 bits per heavy atom. The highest BCUT2D eigenvalue weighted by Gasteiger charge is 2.25. The average molecular weight is 328 g/mol. The van der Waals surface area contributed by atoms with Crippen molar-refractivity contribution in [3.8, 4) is 0 Å². The third-order valence-electron chi connectivity index (χ3n) is 2.86. The minimum atomic E-state index is -4.15. The molecule has 0 saturated heterocycles. The molecule has 0 fully saturated rings. The van der Waals surface area contributed by atoms with Crippen LogP contribution in [0.15, 0.2) is 35.7 Å². The number of benzene rings is 1. The van der Waals surface area contributed by atoms with Crippen molar-refractivity contribution in [1.29, 1.82) is 0 Å². The van der Waals surface area contributed by atoms with Gasteiger partial charge in [-0.2, -0.15) is 12.8 Å². The number of para-hydroxylation sites is 1. The minimum absolute atomic E-state index is 0.0000409. The first kappa shape index (κ1) is 15.9. The molecule has 118 valence electrons. The lowest BCUT2D eigenvalue weighted by atomic mass is 10.2. The average Bonchev–Trinajstić information content (AvgIpc) is 2.88. The first-order valence-corrected chi connectivity index (χ1v) is 7.70. The maximum atomic E-state index is 13.5. The summed E-state index contributed by atoms with van der Waals surface area (Å²) in [5, 5.41) is 10.6. The number of imidazole rings is 1. The van der Waals surface area contributed by atoms with E-state index in [4.69, 9.17) is 0 Å². The number of nitro groups is 1. The quantitative estimate of drug-likeness (QED) is 0.669. The number of hydrogen-bond donors (Lipinski definition) is 1. The summed E-state index contributed by atoms with van der Waals surface area (Å²) in [6.45, 7) is 3.67. The van der Waals surface area contributed by atoms with Crippen molar-refractivity contribution in [3.05, 3.63) is 46.7 Å². The van der Waals surface area contributed by atoms with Gasteiger partial charge >= 0.3 is 5.69 Å². The molecule has 10 heteroatoms. The van der Waals surface area contributed by atoms with E-state index in [0.29, 0.717) is 0 Å². The van der Waals surface area contributed by atoms with Gasteiger partial charge in [0.2, 0.25) is 5.82 Å². The van der Waals surface area contributed by atoms with Gasteiger partial charge in [0.25, 0.3) is 10.0 Å². The molecule has 8 nitrogen and oxygen atoms in total. The normalized spacial score (nSPS) is 11.6. The van der Waals surface area contributed by atoms with Gasteiger partial charge in [-0.15, -0.1) is 0 Å². The molecule has 0 bridgehead atoms. The summed E-state index contributed by atoms with van der Waals surface area (Å²) in [4.78, 5) is 13.6. The fourth-order valence-corrected chi connectivity index (χ4v) is 2.72. The molecule has 0 unspecified atom stereocenters. The monoisotopic (exact) mass is 328 g/mol. The number of aromatic nitrogens is 2. The van der Waals surface area contributed by atoms with E-state index in [9.17, 15) is 22.9 Å². The van der Waals surface area contributed by atoms with Crippen LogP contribution in [-0.4, -0.2) is 22.9 Å². The van der Waals surface area contributed by atoms with Crippen LogP contribution in [0.2, 0.25) is 0 Å². The Balaban J connectivity index is 2.41. The third-order valence-corrected chi connectivity index (χ3v) is 4.11. The van der Waals surface area contributed by atoms with Crippen LogP contribution in [0, 0.1) is 15.9 Å². The molecule has 0 atom stereocenters. The molecule has 0 radical (unpaired) electrons. The van der Waals surface area contributed by atoms with Crippen molar-refractivity contribution >= 4 is 21.4 Å². The van der Waals surface area contributed by atoms with E-state index < -0.39 is 32.1 Å². The Morgan fingerprint density at radius 2 is 2.09 bits per heavy atom. The number of nitrogens with one attached hydrogen (secondary N) is 1. The molecule has 0 spiro atoms. The fraction of sp³-hybridized carbons (Fsp3) is 0.250. The van der Waals surface area contributed by atoms with Crippen molar-refractivity contribution in [1.82, 2.24) is 9.55 Å². The Morgan fingerprint density at radius 1 is 1.41 bits per heavy atom. The van der Waals surface area contributed by atoms with E-state index >= 15 is 0 Å². The zero-order valence-electron chi connectivity index (χ0n) is 11.7. The number of nitrogens with zero attached hydrogens (tertiary/aromatic N) is 3. The van der Waals surface area contributed by atoms with Gasteiger partial charge < -0.3 is 4.57 Å². The first-order chi connectivity index (χ1) is 10.2. The molecule has 1 N–H and O–H groups in total. The molecule has 22 heavy (non-hydrogen) atoms. The molecule has 1 heterocycles. The van der Waals surface area contributed by atoms with Gasteiger partial charge in [0.05, 0.1) is 11.3 Å². The fourth-order valence-electron chi connectivity index (χ4n) is 1.72. The maximum absolute atomic E-state index is 13.5. The van der Waals surface area contributed by atoms with Crippen LogP contribution < -0.4 is 4.72 Å². The van der Waals surface area contributed by atoms with Crippen molar-refractivity contribution in [3.63, 3.8) is 0 Å². The summed E-state index contributed by atoms with van der Waals surface area (Å²) >= 11 is 0. The molecule has 2 aromatic rings. The highest BCUT2D eigenvalue weighted by molar-refractivity contribution is 7.92. The van der Waals surface area contributed by atoms with Crippen molar-refractivity contribution in [2.45, 2.75) is 24.9 Å². The van der Waals surface area contributed by atoms with Crippen LogP contribution in [0.5, 0.6) is 0 Å². The Bertz CT molecular complexity index is 816. The zero-order chi connectivity index (χ0) is 16.5. The Labute approximate surface area is 125 Å². The van der Waals surface area contributed by atoms with E-state index in [2.05, 4.69) is 4.98 Å². The lowest BCUT2D eigenvalue weighted by molar-refractivity contribution is -0.386. The topological polar surface area (TPSA) is 107 Å². The molecule has 2 rings (SSSR count). The smallest absolute Gasteiger partial charge is 0.328 e. The standard InChI is InChI=1S/C12H13FN4O4S/c1-8(2)16-6-11(14-7-16)22(20,21)15-10-5-3-4-9(13)12(10)17(18)19/h3-8,15H,1-2H3. The summed E-state index contributed by atoms with van der Waals surface area (Å²) in [7, 11) is -4.15. The van der Waals surface area contributed by atoms with Crippen LogP contribution in [0.4, 0.5) is 15.8 Å². The van der Waals surface area contributed by atoms with E-state index in [1.165, 1.54) is 18.6 Å². The third kappa shape index (κ3) is 3.06. The zero-order valence-corrected chi connectivity index (χ0v) is 12.5. The maximum Gasteiger partial charge on any atom is 0.328 e. The molecule has 0 amide bonds. The lowest BCUT2D eigenvalue weighted by Crippen LogP contribution is -2.15. The second kappa shape index (κ2) is 5.72. The number of rotatable bonds is 5. The molecule has 1 aromatic carbocycles. The number of halogens is 1. The van der Waals surface area contributed by atoms with Crippen LogP contribution in [0.25, 0.3) is 0 Å². The Hall–Kier alpha value is -2.49. The van der Waals surface area contributed by atoms with Crippen LogP contribution in [0.1, 0.15) is 19.9 Å². The van der Waals surface area contributed by atoms with Crippen LogP contribution in [-0.2, 0) is 10.0 Å². The molecule has 0 aliphatic heterocycles. The molecule has 0 aliphatic rings. The van der Waals surface area contributed by atoms with Crippen molar-refractivity contribution in [2.24, 2.45) is 0 Å².